The highest BCUT2D eigenvalue weighted by Gasteiger charge is 2.19. The van der Waals surface area contributed by atoms with Crippen molar-refractivity contribution in [1.82, 2.24) is 9.82 Å². The number of aromatic nitrogens is 2. The van der Waals surface area contributed by atoms with Crippen LogP contribution in [0.1, 0.15) is 32.1 Å². The Hall–Kier alpha value is -1.58. The molecule has 4 nitrogen and oxygen atoms in total. The second-order valence-corrected chi connectivity index (χ2v) is 4.43. The summed E-state index contributed by atoms with van der Waals surface area (Å²) in [6.07, 6.45) is 6.54. The zero-order valence-electron chi connectivity index (χ0n) is 9.30. The van der Waals surface area contributed by atoms with Crippen molar-refractivity contribution in [2.24, 2.45) is 0 Å². The van der Waals surface area contributed by atoms with Gasteiger partial charge in [-0.1, -0.05) is 37.5 Å². The molecule has 0 unspecified atom stereocenters. The topological polar surface area (TPSA) is 35.0 Å². The highest BCUT2D eigenvalue weighted by Crippen LogP contribution is 2.19. The second kappa shape index (κ2) is 4.12. The van der Waals surface area contributed by atoms with E-state index in [4.69, 9.17) is 4.63 Å². The zero-order chi connectivity index (χ0) is 10.8. The van der Waals surface area contributed by atoms with Crippen molar-refractivity contribution in [3.8, 4) is 5.69 Å². The Kier molecular flexibility index (Phi) is 2.48. The van der Waals surface area contributed by atoms with Crippen LogP contribution in [0.5, 0.6) is 0 Å². The van der Waals surface area contributed by atoms with E-state index in [1.807, 2.05) is 30.3 Å². The first-order valence-corrected chi connectivity index (χ1v) is 6.03. The van der Waals surface area contributed by atoms with Crippen molar-refractivity contribution in [3.05, 3.63) is 30.3 Å². The van der Waals surface area contributed by atoms with Gasteiger partial charge in [0.1, 0.15) is 5.69 Å². The summed E-state index contributed by atoms with van der Waals surface area (Å²) < 4.78 is 5.36. The molecule has 1 aliphatic rings. The summed E-state index contributed by atoms with van der Waals surface area (Å²) in [6.45, 7) is 0. The minimum Gasteiger partial charge on any atom is -0.274 e. The zero-order valence-corrected chi connectivity index (χ0v) is 9.30. The molecule has 86 valence electrons. The number of benzene rings is 1. The lowest BCUT2D eigenvalue weighted by atomic mass is 9.96. The Morgan fingerprint density at radius 2 is 1.81 bits per heavy atom. The fourth-order valence-electron chi connectivity index (χ4n) is 2.23. The Bertz CT molecular complexity index is 420. The van der Waals surface area contributed by atoms with E-state index in [0.29, 0.717) is 6.04 Å². The van der Waals surface area contributed by atoms with E-state index in [0.717, 1.165) is 5.69 Å². The van der Waals surface area contributed by atoms with Crippen LogP contribution in [0.3, 0.4) is 0 Å². The van der Waals surface area contributed by atoms with Crippen LogP contribution in [0.25, 0.3) is 5.69 Å². The van der Waals surface area contributed by atoms with Crippen molar-refractivity contribution in [3.63, 3.8) is 0 Å². The standard InChI is InChI=1S/C12H17N3O/c1-3-7-11(8-4-1)13-15-14(16-15)12-9-5-2-6-10-12/h2,5-6,9-11,13H,1,3-4,7-8H2. The molecule has 16 heavy (non-hydrogen) atoms. The predicted molar refractivity (Wildman–Crippen MR) is 62.3 cm³/mol. The van der Waals surface area contributed by atoms with Gasteiger partial charge in [-0.2, -0.15) is 0 Å². The highest BCUT2D eigenvalue weighted by atomic mass is 16.8. The molecule has 0 aliphatic heterocycles. The molecule has 1 aliphatic carbocycles. The van der Waals surface area contributed by atoms with Gasteiger partial charge in [-0.15, -0.1) is 0 Å². The summed E-state index contributed by atoms with van der Waals surface area (Å²) in [5, 5.41) is 0. The van der Waals surface area contributed by atoms with Crippen LogP contribution in [-0.2, 0) is 0 Å². The third-order valence-corrected chi connectivity index (χ3v) is 3.17. The SMILES string of the molecule is c1ccc(-n2on2NC2CCCCC2)cc1. The number of rotatable bonds is 3. The summed E-state index contributed by atoms with van der Waals surface area (Å²) in [6, 6.07) is 10.7. The molecule has 0 atom stereocenters. The lowest BCUT2D eigenvalue weighted by Crippen LogP contribution is -2.27. The summed E-state index contributed by atoms with van der Waals surface area (Å²) in [5.41, 5.74) is 4.44. The third-order valence-electron chi connectivity index (χ3n) is 3.17. The largest absolute Gasteiger partial charge is 0.274 e. The van der Waals surface area contributed by atoms with Gasteiger partial charge in [-0.25, -0.2) is 4.63 Å². The van der Waals surface area contributed by atoms with E-state index in [1.165, 1.54) is 32.1 Å². The predicted octanol–water partition coefficient (Wildman–Crippen LogP) is 2.75. The average Bonchev–Trinajstić information content (AvgIpc) is 3.11. The number of nitrogens with one attached hydrogen (secondary N) is 1. The molecule has 1 aromatic carbocycles. The molecule has 2 aromatic rings. The highest BCUT2D eigenvalue weighted by molar-refractivity contribution is 5.28. The maximum Gasteiger partial charge on any atom is 0.107 e. The number of hydrogen-bond acceptors (Lipinski definition) is 2. The summed E-state index contributed by atoms with van der Waals surface area (Å²) in [4.78, 5) is 3.50. The molecule has 3 rings (SSSR count). The number of para-hydroxylation sites is 1. The molecule has 4 heteroatoms. The Balaban J connectivity index is 1.62. The van der Waals surface area contributed by atoms with Crippen LogP contribution in [0.4, 0.5) is 0 Å². The normalized spacial score (nSPS) is 17.8. The van der Waals surface area contributed by atoms with Gasteiger partial charge in [0, 0.05) is 11.0 Å². The van der Waals surface area contributed by atoms with Crippen LogP contribution in [0.2, 0.25) is 0 Å². The minimum atomic E-state index is 0.572. The maximum atomic E-state index is 5.36. The first-order chi connectivity index (χ1) is 7.93. The third kappa shape index (κ3) is 2.01. The lowest BCUT2D eigenvalue weighted by Gasteiger charge is -2.20. The van der Waals surface area contributed by atoms with E-state index in [9.17, 15) is 0 Å². The van der Waals surface area contributed by atoms with Crippen LogP contribution in [0, 0.1) is 0 Å². The van der Waals surface area contributed by atoms with Crippen molar-refractivity contribution in [1.29, 1.82) is 0 Å². The summed E-state index contributed by atoms with van der Waals surface area (Å²) in [7, 11) is 0. The molecular formula is C12H17N3O. The fourth-order valence-corrected chi connectivity index (χ4v) is 2.23. The Morgan fingerprint density at radius 3 is 2.56 bits per heavy atom. The Labute approximate surface area is 94.7 Å². The lowest BCUT2D eigenvalue weighted by molar-refractivity contribution is 0.393. The van der Waals surface area contributed by atoms with Gasteiger partial charge >= 0.3 is 0 Å². The molecule has 0 amide bonds. The monoisotopic (exact) mass is 219 g/mol. The number of nitrogens with zero attached hydrogens (tertiary/aromatic N) is 2. The summed E-state index contributed by atoms with van der Waals surface area (Å²) >= 11 is 0. The van der Waals surface area contributed by atoms with Gasteiger partial charge in [0.25, 0.3) is 0 Å². The summed E-state index contributed by atoms with van der Waals surface area (Å²) in [5.74, 6) is 0. The molecule has 0 spiro atoms. The van der Waals surface area contributed by atoms with E-state index >= 15 is 0 Å². The van der Waals surface area contributed by atoms with Gasteiger partial charge in [-0.3, -0.25) is 5.43 Å². The molecule has 1 N–H and O–H groups in total. The van der Waals surface area contributed by atoms with E-state index in [1.54, 1.807) is 9.82 Å². The van der Waals surface area contributed by atoms with Crippen molar-refractivity contribution in [2.75, 3.05) is 5.43 Å². The van der Waals surface area contributed by atoms with Gasteiger partial charge in [0.2, 0.25) is 0 Å². The maximum absolute atomic E-state index is 5.36. The molecule has 1 fully saturated rings. The fraction of sp³-hybridized carbons (Fsp3) is 0.500. The molecular weight excluding hydrogens is 202 g/mol. The molecule has 1 heterocycles. The molecule has 0 saturated heterocycles. The van der Waals surface area contributed by atoms with E-state index in [2.05, 4.69) is 5.43 Å². The molecule has 1 aromatic heterocycles. The van der Waals surface area contributed by atoms with Crippen LogP contribution < -0.4 is 5.43 Å². The van der Waals surface area contributed by atoms with Crippen molar-refractivity contribution >= 4 is 0 Å². The minimum absolute atomic E-state index is 0.572. The van der Waals surface area contributed by atoms with Crippen LogP contribution in [0.15, 0.2) is 35.0 Å². The van der Waals surface area contributed by atoms with Gasteiger partial charge in [0.15, 0.2) is 0 Å². The average molecular weight is 219 g/mol. The molecule has 1 saturated carbocycles. The second-order valence-electron chi connectivity index (χ2n) is 4.43. The van der Waals surface area contributed by atoms with E-state index in [-0.39, 0.29) is 0 Å². The van der Waals surface area contributed by atoms with Gasteiger partial charge < -0.3 is 0 Å². The van der Waals surface area contributed by atoms with Crippen LogP contribution in [-0.4, -0.2) is 15.9 Å². The molecule has 0 radical (unpaired) electrons. The van der Waals surface area contributed by atoms with Gasteiger partial charge in [0.05, 0.1) is 0 Å². The first kappa shape index (κ1) is 9.63. The number of hydrogen-bond donors (Lipinski definition) is 1. The Morgan fingerprint density at radius 1 is 1.06 bits per heavy atom. The van der Waals surface area contributed by atoms with Crippen molar-refractivity contribution in [2.45, 2.75) is 38.1 Å². The van der Waals surface area contributed by atoms with Crippen LogP contribution >= 0.6 is 0 Å². The van der Waals surface area contributed by atoms with Gasteiger partial charge in [-0.05, 0) is 29.8 Å². The quantitative estimate of drug-likeness (QED) is 0.861. The van der Waals surface area contributed by atoms with E-state index < -0.39 is 0 Å². The smallest absolute Gasteiger partial charge is 0.107 e. The van der Waals surface area contributed by atoms with Crippen molar-refractivity contribution < 1.29 is 4.63 Å². The molecule has 0 bridgehead atoms. The first-order valence-electron chi connectivity index (χ1n) is 6.03.